The molecular weight excluding hydrogens is 199 g/mol. The Morgan fingerprint density at radius 3 is 1.94 bits per heavy atom. The summed E-state index contributed by atoms with van der Waals surface area (Å²) in [6.07, 6.45) is 0.269. The maximum atomic E-state index is 6.05. The number of rotatable bonds is 0. The van der Waals surface area contributed by atoms with E-state index in [0.717, 1.165) is 13.2 Å². The van der Waals surface area contributed by atoms with Gasteiger partial charge in [-0.15, -0.1) is 0 Å². The number of hydrogen-bond donors (Lipinski definition) is 0. The lowest BCUT2D eigenvalue weighted by Crippen LogP contribution is -2.44. The van der Waals surface area contributed by atoms with Crippen LogP contribution in [0.25, 0.3) is 0 Å². The monoisotopic (exact) mass is 226 g/mol. The fourth-order valence-electron chi connectivity index (χ4n) is 2.81. The zero-order valence-electron chi connectivity index (χ0n) is 12.0. The van der Waals surface area contributed by atoms with Crippen molar-refractivity contribution in [2.75, 3.05) is 13.2 Å². The maximum absolute atomic E-state index is 6.05. The van der Waals surface area contributed by atoms with E-state index in [1.54, 1.807) is 0 Å². The van der Waals surface area contributed by atoms with Crippen molar-refractivity contribution in [3.8, 4) is 0 Å². The van der Waals surface area contributed by atoms with Gasteiger partial charge in [0.05, 0.1) is 19.3 Å². The Bertz CT molecular complexity index is 227. The molecule has 0 aromatic carbocycles. The van der Waals surface area contributed by atoms with Crippen molar-refractivity contribution >= 4 is 6.92 Å². The van der Waals surface area contributed by atoms with Crippen LogP contribution in [0, 0.1) is 10.8 Å². The Labute approximate surface area is 101 Å². The molecule has 0 N–H and O–H groups in total. The van der Waals surface area contributed by atoms with Gasteiger partial charge in [0.15, 0.2) is 0 Å². The Kier molecular flexibility index (Phi) is 4.12. The first-order valence-corrected chi connectivity index (χ1v) is 6.37. The lowest BCUT2D eigenvalue weighted by atomic mass is 9.45. The molecule has 0 spiro atoms. The average molecular weight is 226 g/mol. The van der Waals surface area contributed by atoms with Gasteiger partial charge in [-0.05, 0) is 16.6 Å². The normalized spacial score (nSPS) is 29.1. The van der Waals surface area contributed by atoms with Crippen molar-refractivity contribution in [3.63, 3.8) is 0 Å². The van der Waals surface area contributed by atoms with Crippen LogP contribution in [-0.4, -0.2) is 26.2 Å². The molecule has 0 amide bonds. The molecule has 0 aromatic heterocycles. The lowest BCUT2D eigenvalue weighted by molar-refractivity contribution is -0.0364. The highest BCUT2D eigenvalue weighted by atomic mass is 16.5. The van der Waals surface area contributed by atoms with E-state index in [0.29, 0.717) is 5.82 Å². The van der Waals surface area contributed by atoms with Gasteiger partial charge in [-0.25, -0.2) is 0 Å². The van der Waals surface area contributed by atoms with Gasteiger partial charge in [0.25, 0.3) is 6.92 Å². The fourth-order valence-corrected chi connectivity index (χ4v) is 2.81. The molecule has 2 unspecified atom stereocenters. The van der Waals surface area contributed by atoms with E-state index in [9.17, 15) is 0 Å². The minimum Gasteiger partial charge on any atom is -0.433 e. The first-order chi connectivity index (χ1) is 7.14. The summed E-state index contributed by atoms with van der Waals surface area (Å²) >= 11 is 0. The minimum absolute atomic E-state index is 0.167. The third kappa shape index (κ3) is 3.24. The Hall–Kier alpha value is -0.0151. The topological polar surface area (TPSA) is 18.5 Å². The molecule has 3 heteroatoms. The second kappa shape index (κ2) is 4.69. The molecule has 0 saturated carbocycles. The second-order valence-corrected chi connectivity index (χ2v) is 7.13. The molecule has 1 aliphatic rings. The largest absolute Gasteiger partial charge is 0.433 e. The van der Waals surface area contributed by atoms with Crippen molar-refractivity contribution in [1.82, 2.24) is 0 Å². The summed E-state index contributed by atoms with van der Waals surface area (Å²) in [7, 11) is 0. The highest BCUT2D eigenvalue weighted by molar-refractivity contribution is 6.52. The standard InChI is InChI=1S/C13H27BO2/c1-12(2,3)10-11(13(4,5)6)15-8-9-16-14(10)7/h10-11H,8-9H2,1-7H3. The molecule has 1 aliphatic heterocycles. The minimum atomic E-state index is 0.167. The summed E-state index contributed by atoms with van der Waals surface area (Å²) in [5, 5.41) is 0. The molecule has 0 bridgehead atoms. The third-order valence-electron chi connectivity index (χ3n) is 3.45. The predicted molar refractivity (Wildman–Crippen MR) is 70.0 cm³/mol. The zero-order chi connectivity index (χ0) is 12.6. The SMILES string of the molecule is CB1OCCOC(C(C)(C)C)C1C(C)(C)C. The van der Waals surface area contributed by atoms with Crippen LogP contribution in [0.3, 0.4) is 0 Å². The smallest absolute Gasteiger partial charge is 0.296 e. The van der Waals surface area contributed by atoms with E-state index in [1.165, 1.54) is 0 Å². The summed E-state index contributed by atoms with van der Waals surface area (Å²) < 4.78 is 11.9. The summed E-state index contributed by atoms with van der Waals surface area (Å²) in [4.78, 5) is 0. The number of ether oxygens (including phenoxy) is 1. The van der Waals surface area contributed by atoms with Crippen molar-refractivity contribution in [3.05, 3.63) is 0 Å². The predicted octanol–water partition coefficient (Wildman–Crippen LogP) is 3.49. The molecule has 0 aliphatic carbocycles. The van der Waals surface area contributed by atoms with Crippen LogP contribution >= 0.6 is 0 Å². The maximum Gasteiger partial charge on any atom is 0.296 e. The van der Waals surface area contributed by atoms with Crippen LogP contribution in [0.2, 0.25) is 12.6 Å². The highest BCUT2D eigenvalue weighted by Crippen LogP contribution is 2.45. The van der Waals surface area contributed by atoms with E-state index in [-0.39, 0.29) is 23.8 Å². The van der Waals surface area contributed by atoms with Crippen molar-refractivity contribution in [1.29, 1.82) is 0 Å². The molecule has 16 heavy (non-hydrogen) atoms. The molecule has 0 radical (unpaired) electrons. The van der Waals surface area contributed by atoms with Gasteiger partial charge < -0.3 is 9.39 Å². The lowest BCUT2D eigenvalue weighted by Gasteiger charge is -2.43. The molecule has 1 saturated heterocycles. The molecule has 1 fully saturated rings. The van der Waals surface area contributed by atoms with Crippen molar-refractivity contribution < 1.29 is 9.39 Å². The summed E-state index contributed by atoms with van der Waals surface area (Å²) in [5.74, 6) is 0.440. The molecule has 1 heterocycles. The van der Waals surface area contributed by atoms with Gasteiger partial charge in [-0.3, -0.25) is 0 Å². The van der Waals surface area contributed by atoms with Crippen LogP contribution < -0.4 is 0 Å². The van der Waals surface area contributed by atoms with Crippen LogP contribution in [0.1, 0.15) is 41.5 Å². The Morgan fingerprint density at radius 2 is 1.50 bits per heavy atom. The van der Waals surface area contributed by atoms with Crippen molar-refractivity contribution in [2.45, 2.75) is 60.3 Å². The average Bonchev–Trinajstić information content (AvgIpc) is 2.23. The van der Waals surface area contributed by atoms with E-state index in [1.807, 2.05) is 0 Å². The fraction of sp³-hybridized carbons (Fsp3) is 1.00. The molecular formula is C13H27BO2. The van der Waals surface area contributed by atoms with Gasteiger partial charge in [-0.1, -0.05) is 48.4 Å². The van der Waals surface area contributed by atoms with Gasteiger partial charge in [0, 0.05) is 0 Å². The quantitative estimate of drug-likeness (QED) is 0.588. The Balaban J connectivity index is 3.00. The molecule has 0 aromatic rings. The van der Waals surface area contributed by atoms with Crippen molar-refractivity contribution in [2.24, 2.45) is 10.8 Å². The first-order valence-electron chi connectivity index (χ1n) is 6.37. The summed E-state index contributed by atoms with van der Waals surface area (Å²) in [6, 6.07) is 0. The van der Waals surface area contributed by atoms with E-state index >= 15 is 0 Å². The van der Waals surface area contributed by atoms with E-state index in [4.69, 9.17) is 9.39 Å². The highest BCUT2D eigenvalue weighted by Gasteiger charge is 2.46. The molecule has 2 nitrogen and oxygen atoms in total. The molecule has 94 valence electrons. The number of hydrogen-bond acceptors (Lipinski definition) is 2. The van der Waals surface area contributed by atoms with Crippen LogP contribution in [0.15, 0.2) is 0 Å². The second-order valence-electron chi connectivity index (χ2n) is 7.13. The third-order valence-corrected chi connectivity index (χ3v) is 3.45. The van der Waals surface area contributed by atoms with Crippen LogP contribution in [0.5, 0.6) is 0 Å². The summed E-state index contributed by atoms with van der Waals surface area (Å²) in [6.45, 7) is 17.5. The molecule has 2 atom stereocenters. The van der Waals surface area contributed by atoms with E-state index < -0.39 is 0 Å². The van der Waals surface area contributed by atoms with Crippen LogP contribution in [0.4, 0.5) is 0 Å². The van der Waals surface area contributed by atoms with Gasteiger partial charge in [-0.2, -0.15) is 0 Å². The van der Waals surface area contributed by atoms with Crippen LogP contribution in [-0.2, 0) is 9.39 Å². The van der Waals surface area contributed by atoms with Gasteiger partial charge in [0.2, 0.25) is 0 Å². The first kappa shape index (κ1) is 14.0. The molecule has 1 rings (SSSR count). The summed E-state index contributed by atoms with van der Waals surface area (Å²) in [5.41, 5.74) is 0.377. The Morgan fingerprint density at radius 1 is 0.938 bits per heavy atom. The van der Waals surface area contributed by atoms with E-state index in [2.05, 4.69) is 48.4 Å². The van der Waals surface area contributed by atoms with Gasteiger partial charge >= 0.3 is 0 Å². The zero-order valence-corrected chi connectivity index (χ0v) is 12.0. The van der Waals surface area contributed by atoms with Gasteiger partial charge in [0.1, 0.15) is 0 Å².